The Morgan fingerprint density at radius 2 is 1.75 bits per heavy atom. The number of furan rings is 1. The van der Waals surface area contributed by atoms with Crippen LogP contribution in [-0.2, 0) is 4.79 Å². The number of hydrogen-bond donors (Lipinski definition) is 0. The van der Waals surface area contributed by atoms with E-state index in [9.17, 15) is 9.18 Å². The van der Waals surface area contributed by atoms with Crippen LogP contribution in [0.1, 0.15) is 5.76 Å². The summed E-state index contributed by atoms with van der Waals surface area (Å²) in [6, 6.07) is 13.9. The molecule has 1 saturated heterocycles. The molecule has 2 aromatic heterocycles. The van der Waals surface area contributed by atoms with Gasteiger partial charge >= 0.3 is 0 Å². The van der Waals surface area contributed by atoms with Crippen LogP contribution in [0.5, 0.6) is 0 Å². The average Bonchev–Trinajstić information content (AvgIpc) is 3.22. The molecule has 28 heavy (non-hydrogen) atoms. The monoisotopic (exact) mass is 378 g/mol. The minimum atomic E-state index is -0.336. The second-order valence-corrected chi connectivity index (χ2v) is 6.59. The Hall–Kier alpha value is -3.41. The number of benzene rings is 1. The molecule has 1 fully saturated rings. The maximum Gasteiger partial charge on any atom is 0.246 e. The highest BCUT2D eigenvalue weighted by Crippen LogP contribution is 2.25. The zero-order chi connectivity index (χ0) is 19.3. The maximum absolute atomic E-state index is 13.9. The van der Waals surface area contributed by atoms with Crippen LogP contribution in [-0.4, -0.2) is 37.0 Å². The number of carbonyl (C=O) groups excluding carboxylic acids is 1. The highest BCUT2D eigenvalue weighted by molar-refractivity contribution is 5.91. The van der Waals surface area contributed by atoms with Gasteiger partial charge in [0.15, 0.2) is 12.4 Å². The number of halogens is 1. The number of H-pyrrole nitrogens is 1. The van der Waals surface area contributed by atoms with Crippen LogP contribution in [0, 0.1) is 5.82 Å². The highest BCUT2D eigenvalue weighted by Gasteiger charge is 2.20. The van der Waals surface area contributed by atoms with Gasteiger partial charge in [-0.3, -0.25) is 4.79 Å². The summed E-state index contributed by atoms with van der Waals surface area (Å²) in [5.74, 6) is 0.576. The van der Waals surface area contributed by atoms with E-state index in [1.165, 1.54) is 12.1 Å². The molecule has 0 spiro atoms. The summed E-state index contributed by atoms with van der Waals surface area (Å²) in [6.45, 7) is 2.92. The number of amides is 1. The van der Waals surface area contributed by atoms with Crippen LogP contribution in [0.15, 0.2) is 71.4 Å². The molecule has 142 valence electrons. The molecule has 1 aromatic carbocycles. The summed E-state index contributed by atoms with van der Waals surface area (Å²) in [7, 11) is 0. The third-order valence-corrected chi connectivity index (χ3v) is 4.81. The number of carbonyl (C=O) groups is 1. The minimum Gasteiger partial charge on any atom is -0.457 e. The van der Waals surface area contributed by atoms with Crippen LogP contribution in [0.25, 0.3) is 17.4 Å². The molecule has 3 aromatic rings. The van der Waals surface area contributed by atoms with Gasteiger partial charge in [0.1, 0.15) is 17.3 Å². The van der Waals surface area contributed by atoms with Crippen molar-refractivity contribution in [3.63, 3.8) is 0 Å². The Balaban J connectivity index is 1.36. The zero-order valence-electron chi connectivity index (χ0n) is 15.3. The number of nitrogens with one attached hydrogen (secondary N) is 1. The number of piperazine rings is 1. The smallest absolute Gasteiger partial charge is 0.246 e. The fraction of sp³-hybridized carbons (Fsp3) is 0.182. The SMILES string of the molecule is O=C(/C=C/c1ccc(-c2ccccc2F)o1)N1CCN(c2cc[nH+]cc2)CC1. The zero-order valence-corrected chi connectivity index (χ0v) is 15.3. The first-order valence-corrected chi connectivity index (χ1v) is 9.23. The Morgan fingerprint density at radius 1 is 1.00 bits per heavy atom. The van der Waals surface area contributed by atoms with Gasteiger partial charge in [-0.1, -0.05) is 12.1 Å². The van der Waals surface area contributed by atoms with Gasteiger partial charge in [-0.25, -0.2) is 9.37 Å². The largest absolute Gasteiger partial charge is 0.457 e. The van der Waals surface area contributed by atoms with Gasteiger partial charge in [0, 0.05) is 50.1 Å². The summed E-state index contributed by atoms with van der Waals surface area (Å²) in [5, 5.41) is 0. The average molecular weight is 378 g/mol. The van der Waals surface area contributed by atoms with Crippen molar-refractivity contribution in [2.75, 3.05) is 31.1 Å². The summed E-state index contributed by atoms with van der Waals surface area (Å²) >= 11 is 0. The van der Waals surface area contributed by atoms with E-state index in [-0.39, 0.29) is 11.7 Å². The predicted molar refractivity (Wildman–Crippen MR) is 105 cm³/mol. The van der Waals surface area contributed by atoms with Crippen LogP contribution in [0.2, 0.25) is 0 Å². The van der Waals surface area contributed by atoms with E-state index in [0.717, 1.165) is 18.8 Å². The van der Waals surface area contributed by atoms with Gasteiger partial charge in [0.2, 0.25) is 5.91 Å². The second kappa shape index (κ2) is 8.08. The molecule has 0 aliphatic carbocycles. The van der Waals surface area contributed by atoms with Gasteiger partial charge in [0.25, 0.3) is 0 Å². The van der Waals surface area contributed by atoms with Crippen molar-refractivity contribution in [2.45, 2.75) is 0 Å². The topological polar surface area (TPSA) is 50.8 Å². The first kappa shape index (κ1) is 18.0. The Kier molecular flexibility index (Phi) is 5.19. The molecule has 6 heteroatoms. The van der Waals surface area contributed by atoms with E-state index in [0.29, 0.717) is 30.2 Å². The molecule has 0 saturated carbocycles. The number of anilines is 1. The summed E-state index contributed by atoms with van der Waals surface area (Å²) in [5.41, 5.74) is 1.56. The summed E-state index contributed by atoms with van der Waals surface area (Å²) in [6.07, 6.45) is 6.94. The van der Waals surface area contributed by atoms with Gasteiger partial charge < -0.3 is 14.2 Å². The number of aromatic nitrogens is 1. The van der Waals surface area contributed by atoms with Gasteiger partial charge in [-0.2, -0.15) is 0 Å². The van der Waals surface area contributed by atoms with Gasteiger partial charge in [-0.05, 0) is 30.3 Å². The van der Waals surface area contributed by atoms with Crippen LogP contribution < -0.4 is 9.88 Å². The van der Waals surface area contributed by atoms with Crippen molar-refractivity contribution in [2.24, 2.45) is 0 Å². The standard InChI is InChI=1S/C22H20FN3O2/c23-20-4-2-1-3-19(20)21-7-5-18(28-21)6-8-22(27)26-15-13-25(14-16-26)17-9-11-24-12-10-17/h1-12H,13-16H2/p+1/b8-6+. The first-order valence-electron chi connectivity index (χ1n) is 9.23. The van der Waals surface area contributed by atoms with Crippen LogP contribution in [0.4, 0.5) is 10.1 Å². The number of hydrogen-bond acceptors (Lipinski definition) is 3. The molecule has 1 aliphatic rings. The molecule has 1 aliphatic heterocycles. The molecule has 1 N–H and O–H groups in total. The molecule has 0 bridgehead atoms. The first-order chi connectivity index (χ1) is 13.7. The summed E-state index contributed by atoms with van der Waals surface area (Å²) < 4.78 is 19.5. The van der Waals surface area contributed by atoms with E-state index < -0.39 is 0 Å². The van der Waals surface area contributed by atoms with Crippen molar-refractivity contribution in [3.05, 3.63) is 78.6 Å². The number of rotatable bonds is 4. The van der Waals surface area contributed by atoms with Crippen molar-refractivity contribution in [1.29, 1.82) is 0 Å². The Bertz CT molecular complexity index is 976. The molecule has 0 unspecified atom stereocenters. The molecule has 4 rings (SSSR count). The Morgan fingerprint density at radius 3 is 2.50 bits per heavy atom. The number of aromatic amines is 1. The fourth-order valence-corrected chi connectivity index (χ4v) is 3.28. The quantitative estimate of drug-likeness (QED) is 0.655. The van der Waals surface area contributed by atoms with Gasteiger partial charge in [0.05, 0.1) is 5.56 Å². The molecule has 3 heterocycles. The van der Waals surface area contributed by atoms with E-state index in [1.807, 2.05) is 29.4 Å². The van der Waals surface area contributed by atoms with Crippen LogP contribution >= 0.6 is 0 Å². The number of nitrogens with zero attached hydrogens (tertiary/aromatic N) is 2. The van der Waals surface area contributed by atoms with Crippen molar-refractivity contribution in [3.8, 4) is 11.3 Å². The Labute approximate surface area is 162 Å². The normalized spacial score (nSPS) is 14.6. The minimum absolute atomic E-state index is 0.0510. The lowest BCUT2D eigenvalue weighted by atomic mass is 10.1. The van der Waals surface area contributed by atoms with E-state index in [4.69, 9.17) is 4.42 Å². The van der Waals surface area contributed by atoms with Crippen LogP contribution in [0.3, 0.4) is 0 Å². The molecule has 1 amide bonds. The van der Waals surface area contributed by atoms with Crippen molar-refractivity contribution >= 4 is 17.7 Å². The molecular formula is C22H21FN3O2+. The lowest BCUT2D eigenvalue weighted by Gasteiger charge is -2.35. The molecule has 0 radical (unpaired) electrons. The van der Waals surface area contributed by atoms with Crippen molar-refractivity contribution in [1.82, 2.24) is 4.90 Å². The lowest BCUT2D eigenvalue weighted by molar-refractivity contribution is -0.377. The second-order valence-electron chi connectivity index (χ2n) is 6.59. The van der Waals surface area contributed by atoms with E-state index in [2.05, 4.69) is 9.88 Å². The molecule has 5 nitrogen and oxygen atoms in total. The third kappa shape index (κ3) is 3.96. The predicted octanol–water partition coefficient (Wildman–Crippen LogP) is 3.26. The molecular weight excluding hydrogens is 357 g/mol. The number of pyridine rings is 1. The summed E-state index contributed by atoms with van der Waals surface area (Å²) in [4.78, 5) is 19.6. The fourth-order valence-electron chi connectivity index (χ4n) is 3.28. The lowest BCUT2D eigenvalue weighted by Crippen LogP contribution is -2.48. The third-order valence-electron chi connectivity index (χ3n) is 4.81. The van der Waals surface area contributed by atoms with Gasteiger partial charge in [-0.15, -0.1) is 0 Å². The highest BCUT2D eigenvalue weighted by atomic mass is 19.1. The molecule has 0 atom stereocenters. The van der Waals surface area contributed by atoms with E-state index >= 15 is 0 Å². The van der Waals surface area contributed by atoms with Crippen molar-refractivity contribution < 1.29 is 18.6 Å². The van der Waals surface area contributed by atoms with E-state index in [1.54, 1.807) is 36.4 Å². The maximum atomic E-state index is 13.9.